The Morgan fingerprint density at radius 3 is 1.43 bits per heavy atom. The molecule has 0 saturated heterocycles. The van der Waals surface area contributed by atoms with Crippen molar-refractivity contribution < 1.29 is 0 Å². The van der Waals surface area contributed by atoms with Crippen molar-refractivity contribution in [1.82, 2.24) is 9.97 Å². The van der Waals surface area contributed by atoms with E-state index in [2.05, 4.69) is 143 Å². The first kappa shape index (κ1) is 25.9. The molecule has 42 heavy (non-hydrogen) atoms. The molecule has 0 fully saturated rings. The molecule has 0 radical (unpaired) electrons. The standard InChI is InChI=1S/C40H32N2/c1-25-24-41-39-36(26(25)2)19-20-37-27(3)28(4)38(42-40(37)39)32-17-15-31(16-18-32)35-22-33(29-11-7-5-8-12-29)21-34(23-35)30-13-9-6-10-14-30/h5-24H,1-4H3. The van der Waals surface area contributed by atoms with Gasteiger partial charge in [0.15, 0.2) is 0 Å². The number of hydrogen-bond donors (Lipinski definition) is 0. The van der Waals surface area contributed by atoms with Crippen LogP contribution in [0.25, 0.3) is 66.4 Å². The molecule has 0 N–H and O–H groups in total. The predicted octanol–water partition coefficient (Wildman–Crippen LogP) is 10.7. The van der Waals surface area contributed by atoms with Crippen LogP contribution in [0.3, 0.4) is 0 Å². The summed E-state index contributed by atoms with van der Waals surface area (Å²) in [6, 6.07) is 41.4. The lowest BCUT2D eigenvalue weighted by molar-refractivity contribution is 1.25. The molecule has 202 valence electrons. The van der Waals surface area contributed by atoms with Crippen molar-refractivity contribution in [3.05, 3.63) is 144 Å². The predicted molar refractivity (Wildman–Crippen MR) is 178 cm³/mol. The van der Waals surface area contributed by atoms with Crippen LogP contribution in [0.2, 0.25) is 0 Å². The van der Waals surface area contributed by atoms with E-state index < -0.39 is 0 Å². The Kier molecular flexibility index (Phi) is 6.40. The minimum atomic E-state index is 0.973. The summed E-state index contributed by atoms with van der Waals surface area (Å²) in [5.41, 5.74) is 16.2. The molecule has 2 aromatic heterocycles. The van der Waals surface area contributed by atoms with Crippen molar-refractivity contribution in [1.29, 1.82) is 0 Å². The second-order valence-electron chi connectivity index (χ2n) is 11.2. The van der Waals surface area contributed by atoms with Crippen molar-refractivity contribution in [2.75, 3.05) is 0 Å². The lowest BCUT2D eigenvalue weighted by atomic mass is 9.92. The first-order valence-electron chi connectivity index (χ1n) is 14.5. The highest BCUT2D eigenvalue weighted by molar-refractivity contribution is 6.06. The Morgan fingerprint density at radius 2 is 0.881 bits per heavy atom. The molecule has 0 aliphatic carbocycles. The zero-order valence-corrected chi connectivity index (χ0v) is 24.4. The maximum atomic E-state index is 5.25. The topological polar surface area (TPSA) is 25.8 Å². The van der Waals surface area contributed by atoms with Gasteiger partial charge in [0, 0.05) is 22.5 Å². The quantitative estimate of drug-likeness (QED) is 0.208. The highest BCUT2D eigenvalue weighted by Gasteiger charge is 2.15. The molecule has 7 rings (SSSR count). The molecule has 2 heterocycles. The molecule has 0 bridgehead atoms. The lowest BCUT2D eigenvalue weighted by Gasteiger charge is -2.15. The number of aromatic nitrogens is 2. The fourth-order valence-corrected chi connectivity index (χ4v) is 5.97. The summed E-state index contributed by atoms with van der Waals surface area (Å²) < 4.78 is 0. The van der Waals surface area contributed by atoms with Gasteiger partial charge in [-0.15, -0.1) is 0 Å². The molecule has 5 aromatic carbocycles. The largest absolute Gasteiger partial charge is 0.254 e. The van der Waals surface area contributed by atoms with Gasteiger partial charge in [0.1, 0.15) is 0 Å². The van der Waals surface area contributed by atoms with Crippen LogP contribution >= 0.6 is 0 Å². The van der Waals surface area contributed by atoms with Crippen LogP contribution in [0.1, 0.15) is 22.3 Å². The van der Waals surface area contributed by atoms with Gasteiger partial charge in [0.25, 0.3) is 0 Å². The molecule has 0 amide bonds. The van der Waals surface area contributed by atoms with E-state index in [4.69, 9.17) is 9.97 Å². The monoisotopic (exact) mass is 540 g/mol. The van der Waals surface area contributed by atoms with Gasteiger partial charge in [-0.3, -0.25) is 4.98 Å². The van der Waals surface area contributed by atoms with E-state index in [-0.39, 0.29) is 0 Å². The number of nitrogens with zero attached hydrogens (tertiary/aromatic N) is 2. The van der Waals surface area contributed by atoms with E-state index in [9.17, 15) is 0 Å². The van der Waals surface area contributed by atoms with Crippen molar-refractivity contribution >= 4 is 21.8 Å². The third-order valence-electron chi connectivity index (χ3n) is 8.72. The zero-order chi connectivity index (χ0) is 28.8. The second-order valence-corrected chi connectivity index (χ2v) is 11.2. The van der Waals surface area contributed by atoms with Crippen LogP contribution in [-0.2, 0) is 0 Å². The van der Waals surface area contributed by atoms with Crippen LogP contribution < -0.4 is 0 Å². The van der Waals surface area contributed by atoms with Crippen molar-refractivity contribution in [2.24, 2.45) is 0 Å². The maximum Gasteiger partial charge on any atom is 0.0975 e. The summed E-state index contributed by atoms with van der Waals surface area (Å²) >= 11 is 0. The summed E-state index contributed by atoms with van der Waals surface area (Å²) in [5.74, 6) is 0. The summed E-state index contributed by atoms with van der Waals surface area (Å²) in [7, 11) is 0. The van der Waals surface area contributed by atoms with Crippen LogP contribution in [0.5, 0.6) is 0 Å². The molecule has 7 aromatic rings. The summed E-state index contributed by atoms with van der Waals surface area (Å²) in [5, 5.41) is 2.34. The number of pyridine rings is 2. The van der Waals surface area contributed by atoms with Crippen molar-refractivity contribution in [3.8, 4) is 44.6 Å². The van der Waals surface area contributed by atoms with Crippen LogP contribution in [0.4, 0.5) is 0 Å². The average molecular weight is 541 g/mol. The Hall–Kier alpha value is -5.08. The maximum absolute atomic E-state index is 5.25. The first-order valence-corrected chi connectivity index (χ1v) is 14.5. The van der Waals surface area contributed by atoms with E-state index in [0.29, 0.717) is 0 Å². The molecular formula is C40H32N2. The molecule has 0 aliphatic rings. The average Bonchev–Trinajstić information content (AvgIpc) is 3.05. The lowest BCUT2D eigenvalue weighted by Crippen LogP contribution is -1.97. The molecule has 0 atom stereocenters. The second kappa shape index (κ2) is 10.4. The minimum absolute atomic E-state index is 0.973. The summed E-state index contributed by atoms with van der Waals surface area (Å²) in [4.78, 5) is 10.1. The van der Waals surface area contributed by atoms with E-state index in [0.717, 1.165) is 22.3 Å². The number of aryl methyl sites for hydroxylation is 3. The highest BCUT2D eigenvalue weighted by atomic mass is 14.8. The van der Waals surface area contributed by atoms with Crippen LogP contribution in [0.15, 0.2) is 121 Å². The van der Waals surface area contributed by atoms with Gasteiger partial charge in [0.2, 0.25) is 0 Å². The molecule has 2 heteroatoms. The SMILES string of the molecule is Cc1cnc2c(ccc3c(C)c(C)c(-c4ccc(-c5cc(-c6ccccc6)cc(-c6ccccc6)c5)cc4)nc32)c1C. The third kappa shape index (κ3) is 4.46. The van der Waals surface area contributed by atoms with Gasteiger partial charge < -0.3 is 0 Å². The zero-order valence-electron chi connectivity index (χ0n) is 24.4. The summed E-state index contributed by atoms with van der Waals surface area (Å²) in [6.07, 6.45) is 1.97. The molecule has 0 aliphatic heterocycles. The van der Waals surface area contributed by atoms with E-state index in [1.165, 1.54) is 66.4 Å². The normalized spacial score (nSPS) is 11.3. The number of fused-ring (bicyclic) bond motifs is 3. The van der Waals surface area contributed by atoms with Gasteiger partial charge >= 0.3 is 0 Å². The number of hydrogen-bond acceptors (Lipinski definition) is 2. The van der Waals surface area contributed by atoms with Crippen LogP contribution in [0, 0.1) is 27.7 Å². The third-order valence-corrected chi connectivity index (χ3v) is 8.72. The fourth-order valence-electron chi connectivity index (χ4n) is 5.97. The Labute approximate surface area is 247 Å². The Morgan fingerprint density at radius 1 is 0.405 bits per heavy atom. The number of rotatable bonds is 4. The van der Waals surface area contributed by atoms with E-state index in [1.807, 2.05) is 6.20 Å². The Balaban J connectivity index is 1.35. The number of benzene rings is 5. The van der Waals surface area contributed by atoms with Gasteiger partial charge in [-0.1, -0.05) is 97.1 Å². The van der Waals surface area contributed by atoms with Gasteiger partial charge in [-0.25, -0.2) is 4.98 Å². The van der Waals surface area contributed by atoms with Crippen LogP contribution in [-0.4, -0.2) is 9.97 Å². The van der Waals surface area contributed by atoms with E-state index in [1.54, 1.807) is 0 Å². The molecule has 2 nitrogen and oxygen atoms in total. The molecule has 0 saturated carbocycles. The Bertz CT molecular complexity index is 2030. The van der Waals surface area contributed by atoms with Gasteiger partial charge in [-0.05, 0) is 102 Å². The van der Waals surface area contributed by atoms with Crippen molar-refractivity contribution in [3.63, 3.8) is 0 Å². The first-order chi connectivity index (χ1) is 20.5. The molecular weight excluding hydrogens is 508 g/mol. The van der Waals surface area contributed by atoms with Crippen molar-refractivity contribution in [2.45, 2.75) is 27.7 Å². The summed E-state index contributed by atoms with van der Waals surface area (Å²) in [6.45, 7) is 8.66. The van der Waals surface area contributed by atoms with Gasteiger partial charge in [-0.2, -0.15) is 0 Å². The highest BCUT2D eigenvalue weighted by Crippen LogP contribution is 2.36. The molecule has 0 unspecified atom stereocenters. The van der Waals surface area contributed by atoms with E-state index >= 15 is 0 Å². The van der Waals surface area contributed by atoms with Gasteiger partial charge in [0.05, 0.1) is 16.7 Å². The molecule has 0 spiro atoms. The minimum Gasteiger partial charge on any atom is -0.254 e. The smallest absolute Gasteiger partial charge is 0.0975 e. The fraction of sp³-hybridized carbons (Fsp3) is 0.100.